The van der Waals surface area contributed by atoms with Crippen molar-refractivity contribution in [2.24, 2.45) is 0 Å². The molecule has 1 saturated heterocycles. The van der Waals surface area contributed by atoms with Crippen LogP contribution in [-0.4, -0.2) is 60.2 Å². The number of aromatic carboxylic acids is 1. The molecule has 1 N–H and O–H groups in total. The van der Waals surface area contributed by atoms with Crippen molar-refractivity contribution in [1.29, 1.82) is 0 Å². The number of methoxy groups -OCH3 is 1. The SMILES string of the molecule is COc1ccccc1C(=O)N1CCN(c2ncc(C(=O)O)cc2Cl)CC1. The van der Waals surface area contributed by atoms with Crippen LogP contribution in [0.15, 0.2) is 36.5 Å². The normalized spacial score (nSPS) is 14.2. The lowest BCUT2D eigenvalue weighted by Crippen LogP contribution is -2.49. The first-order chi connectivity index (χ1) is 12.5. The van der Waals surface area contributed by atoms with Crippen LogP contribution in [0.2, 0.25) is 5.02 Å². The number of carboxylic acids is 1. The summed E-state index contributed by atoms with van der Waals surface area (Å²) in [5.74, 6) is -0.0736. The van der Waals surface area contributed by atoms with Gasteiger partial charge in [0.15, 0.2) is 0 Å². The molecule has 0 radical (unpaired) electrons. The third-order valence-electron chi connectivity index (χ3n) is 4.27. The van der Waals surface area contributed by atoms with Crippen molar-refractivity contribution in [3.63, 3.8) is 0 Å². The molecular formula is C18H18ClN3O4. The Labute approximate surface area is 155 Å². The molecule has 8 heteroatoms. The third kappa shape index (κ3) is 3.57. The summed E-state index contributed by atoms with van der Waals surface area (Å²) in [5, 5.41) is 9.28. The van der Waals surface area contributed by atoms with E-state index in [-0.39, 0.29) is 16.5 Å². The Kier molecular flexibility index (Phi) is 5.27. The van der Waals surface area contributed by atoms with Gasteiger partial charge in [0.1, 0.15) is 11.6 Å². The number of pyridine rings is 1. The lowest BCUT2D eigenvalue weighted by molar-refractivity contribution is 0.0694. The second-order valence-electron chi connectivity index (χ2n) is 5.81. The summed E-state index contributed by atoms with van der Waals surface area (Å²) in [6.07, 6.45) is 1.29. The van der Waals surface area contributed by atoms with Gasteiger partial charge < -0.3 is 19.6 Å². The molecule has 2 heterocycles. The second kappa shape index (κ2) is 7.61. The molecule has 0 aliphatic carbocycles. The number of amides is 1. The van der Waals surface area contributed by atoms with E-state index in [0.717, 1.165) is 0 Å². The third-order valence-corrected chi connectivity index (χ3v) is 4.55. The van der Waals surface area contributed by atoms with E-state index in [9.17, 15) is 9.59 Å². The molecule has 0 bridgehead atoms. The van der Waals surface area contributed by atoms with E-state index in [4.69, 9.17) is 21.4 Å². The van der Waals surface area contributed by atoms with Crippen molar-refractivity contribution in [3.05, 3.63) is 52.7 Å². The zero-order chi connectivity index (χ0) is 18.7. The van der Waals surface area contributed by atoms with Gasteiger partial charge in [-0.25, -0.2) is 9.78 Å². The van der Waals surface area contributed by atoms with E-state index in [1.165, 1.54) is 12.3 Å². The molecule has 1 fully saturated rings. The maximum absolute atomic E-state index is 12.7. The summed E-state index contributed by atoms with van der Waals surface area (Å²) < 4.78 is 5.26. The van der Waals surface area contributed by atoms with E-state index >= 15 is 0 Å². The fraction of sp³-hybridized carbons (Fsp3) is 0.278. The van der Waals surface area contributed by atoms with Crippen molar-refractivity contribution < 1.29 is 19.4 Å². The number of rotatable bonds is 4. The van der Waals surface area contributed by atoms with Crippen molar-refractivity contribution in [2.75, 3.05) is 38.2 Å². The Morgan fingerprint density at radius 3 is 2.50 bits per heavy atom. The number of halogens is 1. The average Bonchev–Trinajstić information content (AvgIpc) is 2.67. The monoisotopic (exact) mass is 375 g/mol. The summed E-state index contributed by atoms with van der Waals surface area (Å²) in [7, 11) is 1.54. The first-order valence-electron chi connectivity index (χ1n) is 8.07. The predicted octanol–water partition coefficient (Wildman–Crippen LogP) is 2.40. The van der Waals surface area contributed by atoms with Gasteiger partial charge in [-0.2, -0.15) is 0 Å². The van der Waals surface area contributed by atoms with Gasteiger partial charge in [0.2, 0.25) is 0 Å². The second-order valence-corrected chi connectivity index (χ2v) is 6.22. The number of carbonyl (C=O) groups excluding carboxylic acids is 1. The number of benzene rings is 1. The van der Waals surface area contributed by atoms with Crippen LogP contribution in [0.3, 0.4) is 0 Å². The van der Waals surface area contributed by atoms with Crippen molar-refractivity contribution in [3.8, 4) is 5.75 Å². The molecular weight excluding hydrogens is 358 g/mol. The van der Waals surface area contributed by atoms with Crippen LogP contribution >= 0.6 is 11.6 Å². The van der Waals surface area contributed by atoms with Gasteiger partial charge in [-0.05, 0) is 18.2 Å². The first kappa shape index (κ1) is 18.0. The maximum atomic E-state index is 12.7. The molecule has 1 aliphatic heterocycles. The smallest absolute Gasteiger partial charge is 0.337 e. The quantitative estimate of drug-likeness (QED) is 0.883. The highest BCUT2D eigenvalue weighted by Crippen LogP contribution is 2.26. The summed E-state index contributed by atoms with van der Waals surface area (Å²) in [4.78, 5) is 31.6. The minimum atomic E-state index is -1.07. The number of anilines is 1. The number of aromatic nitrogens is 1. The van der Waals surface area contributed by atoms with Crippen LogP contribution < -0.4 is 9.64 Å². The summed E-state index contributed by atoms with van der Waals surface area (Å²) in [6.45, 7) is 2.13. The molecule has 26 heavy (non-hydrogen) atoms. The molecule has 2 aromatic rings. The van der Waals surface area contributed by atoms with Crippen molar-refractivity contribution >= 4 is 29.3 Å². The van der Waals surface area contributed by atoms with Crippen LogP contribution in [0.4, 0.5) is 5.82 Å². The van der Waals surface area contributed by atoms with Gasteiger partial charge in [0.25, 0.3) is 5.91 Å². The molecule has 1 aromatic heterocycles. The topological polar surface area (TPSA) is 83.0 Å². The molecule has 7 nitrogen and oxygen atoms in total. The lowest BCUT2D eigenvalue weighted by Gasteiger charge is -2.36. The average molecular weight is 376 g/mol. The standard InChI is InChI=1S/C18H18ClN3O4/c1-26-15-5-3-2-4-13(15)17(23)22-8-6-21(7-9-22)16-14(19)10-12(11-20-16)18(24)25/h2-5,10-11H,6-9H2,1H3,(H,24,25). The minimum Gasteiger partial charge on any atom is -0.496 e. The van der Waals surface area contributed by atoms with E-state index in [0.29, 0.717) is 43.3 Å². The number of carbonyl (C=O) groups is 2. The number of ether oxygens (including phenoxy) is 1. The Morgan fingerprint density at radius 2 is 1.88 bits per heavy atom. The number of piperazine rings is 1. The Balaban J connectivity index is 1.69. The summed E-state index contributed by atoms with van der Waals surface area (Å²) in [6, 6.07) is 8.52. The Morgan fingerprint density at radius 1 is 1.19 bits per heavy atom. The zero-order valence-corrected chi connectivity index (χ0v) is 14.9. The fourth-order valence-corrected chi connectivity index (χ4v) is 3.18. The van der Waals surface area contributed by atoms with Crippen LogP contribution in [0, 0.1) is 0 Å². The molecule has 1 amide bonds. The zero-order valence-electron chi connectivity index (χ0n) is 14.2. The first-order valence-corrected chi connectivity index (χ1v) is 8.45. The molecule has 0 unspecified atom stereocenters. The molecule has 0 atom stereocenters. The largest absolute Gasteiger partial charge is 0.496 e. The van der Waals surface area contributed by atoms with Gasteiger partial charge in [0, 0.05) is 32.4 Å². The van der Waals surface area contributed by atoms with Gasteiger partial charge in [-0.3, -0.25) is 4.79 Å². The molecule has 3 rings (SSSR count). The number of carboxylic acid groups (broad SMARTS) is 1. The van der Waals surface area contributed by atoms with Gasteiger partial charge in [-0.15, -0.1) is 0 Å². The molecule has 0 spiro atoms. The lowest BCUT2D eigenvalue weighted by atomic mass is 10.1. The number of hydrogen-bond acceptors (Lipinski definition) is 5. The van der Waals surface area contributed by atoms with E-state index in [1.54, 1.807) is 30.2 Å². The highest BCUT2D eigenvalue weighted by molar-refractivity contribution is 6.33. The fourth-order valence-electron chi connectivity index (χ4n) is 2.89. The maximum Gasteiger partial charge on any atom is 0.337 e. The van der Waals surface area contributed by atoms with E-state index in [1.807, 2.05) is 11.0 Å². The number of hydrogen-bond donors (Lipinski definition) is 1. The van der Waals surface area contributed by atoms with Gasteiger partial charge in [-0.1, -0.05) is 23.7 Å². The predicted molar refractivity (Wildman–Crippen MR) is 97.3 cm³/mol. The number of nitrogens with zero attached hydrogens (tertiary/aromatic N) is 3. The summed E-state index contributed by atoms with van der Waals surface area (Å²) in [5.41, 5.74) is 0.578. The molecule has 1 aliphatic rings. The van der Waals surface area contributed by atoms with Gasteiger partial charge >= 0.3 is 5.97 Å². The van der Waals surface area contributed by atoms with E-state index in [2.05, 4.69) is 4.98 Å². The highest BCUT2D eigenvalue weighted by atomic mass is 35.5. The van der Waals surface area contributed by atoms with E-state index < -0.39 is 5.97 Å². The van der Waals surface area contributed by atoms with Crippen molar-refractivity contribution in [2.45, 2.75) is 0 Å². The van der Waals surface area contributed by atoms with Crippen LogP contribution in [-0.2, 0) is 0 Å². The van der Waals surface area contributed by atoms with Crippen LogP contribution in [0.5, 0.6) is 5.75 Å². The van der Waals surface area contributed by atoms with Crippen LogP contribution in [0.25, 0.3) is 0 Å². The van der Waals surface area contributed by atoms with Crippen LogP contribution in [0.1, 0.15) is 20.7 Å². The Bertz CT molecular complexity index is 835. The number of para-hydroxylation sites is 1. The highest BCUT2D eigenvalue weighted by Gasteiger charge is 2.25. The molecule has 136 valence electrons. The summed E-state index contributed by atoms with van der Waals surface area (Å²) >= 11 is 6.18. The van der Waals surface area contributed by atoms with Crippen molar-refractivity contribution in [1.82, 2.24) is 9.88 Å². The Hall–Kier alpha value is -2.80. The minimum absolute atomic E-state index is 0.0451. The molecule has 0 saturated carbocycles. The van der Waals surface area contributed by atoms with Gasteiger partial charge in [0.05, 0.1) is 23.3 Å². The molecule has 1 aromatic carbocycles.